The number of likely N-dealkylation sites (tertiary alicyclic amines) is 1. The molecule has 1 N–H and O–H groups in total. The molecule has 2 amide bonds. The van der Waals surface area contributed by atoms with Gasteiger partial charge in [0, 0.05) is 12.6 Å². The number of amides is 2. The molecule has 3 aliphatic carbocycles. The Labute approximate surface area is 150 Å². The molecule has 0 aromatic rings. The highest BCUT2D eigenvalue weighted by Crippen LogP contribution is 2.59. The van der Waals surface area contributed by atoms with Gasteiger partial charge in [-0.3, -0.25) is 4.79 Å². The third-order valence-electron chi connectivity index (χ3n) is 6.91. The maximum absolute atomic E-state index is 13.2. The lowest BCUT2D eigenvalue weighted by atomic mass is 9.50. The van der Waals surface area contributed by atoms with Crippen molar-refractivity contribution in [1.29, 1.82) is 0 Å². The van der Waals surface area contributed by atoms with Gasteiger partial charge < -0.3 is 15.0 Å². The van der Waals surface area contributed by atoms with Crippen LogP contribution in [0.1, 0.15) is 72.1 Å². The largest absolute Gasteiger partial charge is 0.444 e. The zero-order valence-corrected chi connectivity index (χ0v) is 15.8. The van der Waals surface area contributed by atoms with Crippen LogP contribution in [0.4, 0.5) is 4.79 Å². The van der Waals surface area contributed by atoms with Crippen LogP contribution in [0.3, 0.4) is 0 Å². The Bertz CT molecular complexity index is 556. The molecular formula is C20H32N2O3. The fourth-order valence-electron chi connectivity index (χ4n) is 5.56. The number of hydrogen-bond donors (Lipinski definition) is 1. The first-order chi connectivity index (χ1) is 11.7. The summed E-state index contributed by atoms with van der Waals surface area (Å²) in [7, 11) is 0. The van der Waals surface area contributed by atoms with Crippen molar-refractivity contribution in [3.8, 4) is 0 Å². The summed E-state index contributed by atoms with van der Waals surface area (Å²) < 4.78 is 5.43. The number of rotatable bonds is 3. The predicted molar refractivity (Wildman–Crippen MR) is 95.0 cm³/mol. The van der Waals surface area contributed by atoms with Gasteiger partial charge in [0.1, 0.15) is 11.6 Å². The van der Waals surface area contributed by atoms with Crippen LogP contribution in [0.15, 0.2) is 0 Å². The number of carbonyl (C=O) groups excluding carboxylic acids is 2. The minimum Gasteiger partial charge on any atom is -0.444 e. The van der Waals surface area contributed by atoms with Gasteiger partial charge in [0.05, 0.1) is 0 Å². The van der Waals surface area contributed by atoms with Crippen LogP contribution in [-0.2, 0) is 9.53 Å². The molecule has 0 aromatic heterocycles. The van der Waals surface area contributed by atoms with Gasteiger partial charge in [-0.25, -0.2) is 4.79 Å². The first-order valence-corrected chi connectivity index (χ1v) is 10.0. The molecule has 4 rings (SSSR count). The molecule has 5 heteroatoms. The minimum atomic E-state index is -0.542. The van der Waals surface area contributed by atoms with E-state index in [0.29, 0.717) is 17.4 Å². The third-order valence-corrected chi connectivity index (χ3v) is 6.91. The number of fused-ring (bicyclic) bond motifs is 2. The average molecular weight is 348 g/mol. The number of piperidine rings is 1. The van der Waals surface area contributed by atoms with Gasteiger partial charge >= 0.3 is 6.09 Å². The third kappa shape index (κ3) is 3.26. The van der Waals surface area contributed by atoms with Crippen molar-refractivity contribution in [2.24, 2.45) is 17.3 Å². The molecule has 3 atom stereocenters. The standard InChI is InChI=1S/C20H32N2O3/c1-19(2,3)25-18(24)21-16(14-10-20(11-14)7-4-8-20)17(23)22-12-13-5-6-15(22)9-13/h13-16H,4-12H2,1-3H3,(H,21,24)/t13-,15+,16?/m0/s1. The highest BCUT2D eigenvalue weighted by atomic mass is 16.6. The molecule has 4 fully saturated rings. The second-order valence-corrected chi connectivity index (χ2v) is 9.97. The van der Waals surface area contributed by atoms with Crippen molar-refractivity contribution < 1.29 is 14.3 Å². The Morgan fingerprint density at radius 3 is 2.40 bits per heavy atom. The van der Waals surface area contributed by atoms with Gasteiger partial charge in [0.2, 0.25) is 5.91 Å². The van der Waals surface area contributed by atoms with E-state index < -0.39 is 17.7 Å². The van der Waals surface area contributed by atoms with Crippen LogP contribution in [0.2, 0.25) is 0 Å². The van der Waals surface area contributed by atoms with Crippen molar-refractivity contribution in [3.05, 3.63) is 0 Å². The number of carbonyl (C=O) groups is 2. The van der Waals surface area contributed by atoms with Crippen molar-refractivity contribution in [2.75, 3.05) is 6.54 Å². The quantitative estimate of drug-likeness (QED) is 0.849. The summed E-state index contributed by atoms with van der Waals surface area (Å²) in [6.45, 7) is 6.45. The van der Waals surface area contributed by atoms with Crippen molar-refractivity contribution in [2.45, 2.75) is 89.8 Å². The number of ether oxygens (including phenoxy) is 1. The summed E-state index contributed by atoms with van der Waals surface area (Å²) in [6.07, 6.45) is 9.17. The van der Waals surface area contributed by atoms with E-state index in [4.69, 9.17) is 4.74 Å². The van der Waals surface area contributed by atoms with E-state index in [2.05, 4.69) is 10.2 Å². The van der Waals surface area contributed by atoms with Crippen molar-refractivity contribution in [3.63, 3.8) is 0 Å². The molecule has 2 bridgehead atoms. The first-order valence-electron chi connectivity index (χ1n) is 10.0. The molecule has 1 unspecified atom stereocenters. The molecule has 1 aliphatic heterocycles. The molecule has 25 heavy (non-hydrogen) atoms. The highest BCUT2D eigenvalue weighted by Gasteiger charge is 2.54. The molecular weight excluding hydrogens is 316 g/mol. The maximum atomic E-state index is 13.2. The molecule has 140 valence electrons. The molecule has 1 heterocycles. The molecule has 3 saturated carbocycles. The van der Waals surface area contributed by atoms with E-state index in [9.17, 15) is 9.59 Å². The number of alkyl carbamates (subject to hydrolysis) is 1. The zero-order chi connectivity index (χ0) is 17.8. The fraction of sp³-hybridized carbons (Fsp3) is 0.900. The average Bonchev–Trinajstić information content (AvgIpc) is 3.02. The summed E-state index contributed by atoms with van der Waals surface area (Å²) in [5.41, 5.74) is -0.0535. The molecule has 5 nitrogen and oxygen atoms in total. The Kier molecular flexibility index (Phi) is 4.04. The summed E-state index contributed by atoms with van der Waals surface area (Å²) >= 11 is 0. The lowest BCUT2D eigenvalue weighted by Crippen LogP contribution is -2.59. The van der Waals surface area contributed by atoms with E-state index in [1.165, 1.54) is 25.7 Å². The molecule has 0 radical (unpaired) electrons. The van der Waals surface area contributed by atoms with Crippen molar-refractivity contribution in [1.82, 2.24) is 10.2 Å². The Hall–Kier alpha value is -1.26. The molecule has 0 aromatic carbocycles. The van der Waals surface area contributed by atoms with E-state index >= 15 is 0 Å². The van der Waals surface area contributed by atoms with Gasteiger partial charge in [0.25, 0.3) is 0 Å². The summed E-state index contributed by atoms with van der Waals surface area (Å²) in [6, 6.07) is -0.00130. The van der Waals surface area contributed by atoms with Gasteiger partial charge in [0.15, 0.2) is 0 Å². The zero-order valence-electron chi connectivity index (χ0n) is 15.8. The molecule has 4 aliphatic rings. The highest BCUT2D eigenvalue weighted by molar-refractivity contribution is 5.87. The lowest BCUT2D eigenvalue weighted by Gasteiger charge is -2.56. The summed E-state index contributed by atoms with van der Waals surface area (Å²) in [5.74, 6) is 1.09. The van der Waals surface area contributed by atoms with E-state index in [-0.39, 0.29) is 11.8 Å². The van der Waals surface area contributed by atoms with Gasteiger partial charge in [-0.15, -0.1) is 0 Å². The Morgan fingerprint density at radius 1 is 1.20 bits per heavy atom. The summed E-state index contributed by atoms with van der Waals surface area (Å²) in [4.78, 5) is 27.6. The van der Waals surface area contributed by atoms with Crippen LogP contribution in [-0.4, -0.2) is 41.1 Å². The van der Waals surface area contributed by atoms with Crippen LogP contribution in [0.5, 0.6) is 0 Å². The minimum absolute atomic E-state index is 0.136. The topological polar surface area (TPSA) is 58.6 Å². The second-order valence-electron chi connectivity index (χ2n) is 9.97. The SMILES string of the molecule is CC(C)(C)OC(=O)NC(C(=O)N1C[C@H]2CC[C@@H]1C2)C1CC2(CCC2)C1. The predicted octanol–water partition coefficient (Wildman–Crippen LogP) is 3.47. The number of nitrogens with zero attached hydrogens (tertiary/aromatic N) is 1. The number of nitrogens with one attached hydrogen (secondary N) is 1. The smallest absolute Gasteiger partial charge is 0.408 e. The van der Waals surface area contributed by atoms with Crippen LogP contribution in [0, 0.1) is 17.3 Å². The van der Waals surface area contributed by atoms with Crippen molar-refractivity contribution >= 4 is 12.0 Å². The molecule has 1 spiro atoms. The van der Waals surface area contributed by atoms with E-state index in [0.717, 1.165) is 32.2 Å². The normalized spacial score (nSPS) is 31.4. The second kappa shape index (κ2) is 5.88. The maximum Gasteiger partial charge on any atom is 0.408 e. The van der Waals surface area contributed by atoms with E-state index in [1.54, 1.807) is 0 Å². The fourth-order valence-corrected chi connectivity index (χ4v) is 5.56. The molecule has 1 saturated heterocycles. The first kappa shape index (κ1) is 17.2. The van der Waals surface area contributed by atoms with Crippen LogP contribution >= 0.6 is 0 Å². The van der Waals surface area contributed by atoms with Crippen LogP contribution in [0.25, 0.3) is 0 Å². The van der Waals surface area contributed by atoms with Gasteiger partial charge in [-0.1, -0.05) is 6.42 Å². The van der Waals surface area contributed by atoms with Gasteiger partial charge in [-0.2, -0.15) is 0 Å². The van der Waals surface area contributed by atoms with E-state index in [1.807, 2.05) is 20.8 Å². The monoisotopic (exact) mass is 348 g/mol. The Balaban J connectivity index is 1.43. The van der Waals surface area contributed by atoms with Gasteiger partial charge in [-0.05, 0) is 83.0 Å². The lowest BCUT2D eigenvalue weighted by molar-refractivity contribution is -0.141. The summed E-state index contributed by atoms with van der Waals surface area (Å²) in [5, 5.41) is 2.95. The Morgan fingerprint density at radius 2 is 1.92 bits per heavy atom. The van der Waals surface area contributed by atoms with Crippen LogP contribution < -0.4 is 5.32 Å². The number of hydrogen-bond acceptors (Lipinski definition) is 3.